The standard InChI is InChI=1S/C14H24N2O2/c1-13(2,3)16-9-11-12(18-10-15-11)8-14(17-4)6-5-7-14/h10,16H,5-9H2,1-4H3. The van der Waals surface area contributed by atoms with E-state index in [1.165, 1.54) is 12.8 Å². The van der Waals surface area contributed by atoms with Gasteiger partial charge in [0.05, 0.1) is 11.3 Å². The van der Waals surface area contributed by atoms with Crippen LogP contribution in [0.2, 0.25) is 0 Å². The molecule has 1 aliphatic rings. The van der Waals surface area contributed by atoms with Gasteiger partial charge in [0.15, 0.2) is 6.39 Å². The molecule has 1 fully saturated rings. The summed E-state index contributed by atoms with van der Waals surface area (Å²) in [4.78, 5) is 4.31. The Kier molecular flexibility index (Phi) is 3.78. The van der Waals surface area contributed by atoms with E-state index in [2.05, 4.69) is 31.1 Å². The molecule has 1 saturated carbocycles. The summed E-state index contributed by atoms with van der Waals surface area (Å²) in [5.41, 5.74) is 1.09. The van der Waals surface area contributed by atoms with Gasteiger partial charge in [-0.3, -0.25) is 0 Å². The lowest BCUT2D eigenvalue weighted by Crippen LogP contribution is -2.41. The Morgan fingerprint density at radius 3 is 2.67 bits per heavy atom. The Labute approximate surface area is 109 Å². The first-order valence-corrected chi connectivity index (χ1v) is 6.66. The van der Waals surface area contributed by atoms with E-state index < -0.39 is 0 Å². The normalized spacial score (nSPS) is 18.7. The minimum absolute atomic E-state index is 0.00395. The van der Waals surface area contributed by atoms with E-state index in [0.29, 0.717) is 0 Å². The second kappa shape index (κ2) is 5.02. The molecule has 0 amide bonds. The molecule has 0 atom stereocenters. The van der Waals surface area contributed by atoms with Gasteiger partial charge in [-0.25, -0.2) is 4.98 Å². The Hall–Kier alpha value is -0.870. The number of hydrogen-bond donors (Lipinski definition) is 1. The summed E-state index contributed by atoms with van der Waals surface area (Å²) < 4.78 is 11.2. The minimum atomic E-state index is -0.00395. The predicted octanol–water partition coefficient (Wildman–Crippen LogP) is 2.67. The van der Waals surface area contributed by atoms with Gasteiger partial charge < -0.3 is 14.5 Å². The van der Waals surface area contributed by atoms with Crippen molar-refractivity contribution in [3.05, 3.63) is 17.8 Å². The fourth-order valence-corrected chi connectivity index (χ4v) is 2.25. The van der Waals surface area contributed by atoms with E-state index in [1.807, 2.05) is 0 Å². The van der Waals surface area contributed by atoms with Crippen molar-refractivity contribution in [2.45, 2.75) is 64.1 Å². The maximum Gasteiger partial charge on any atom is 0.181 e. The van der Waals surface area contributed by atoms with Gasteiger partial charge in [0, 0.05) is 25.6 Å². The molecule has 0 bridgehead atoms. The zero-order valence-electron chi connectivity index (χ0n) is 11.9. The molecule has 1 aromatic rings. The van der Waals surface area contributed by atoms with Crippen molar-refractivity contribution in [3.8, 4) is 0 Å². The minimum Gasteiger partial charge on any atom is -0.448 e. The summed E-state index contributed by atoms with van der Waals surface area (Å²) in [6.07, 6.45) is 5.87. The van der Waals surface area contributed by atoms with Crippen molar-refractivity contribution in [1.29, 1.82) is 0 Å². The third-order valence-corrected chi connectivity index (χ3v) is 3.69. The van der Waals surface area contributed by atoms with E-state index in [4.69, 9.17) is 9.15 Å². The van der Waals surface area contributed by atoms with Crippen LogP contribution >= 0.6 is 0 Å². The first-order valence-electron chi connectivity index (χ1n) is 6.66. The van der Waals surface area contributed by atoms with Gasteiger partial charge in [0.2, 0.25) is 0 Å². The number of nitrogens with one attached hydrogen (secondary N) is 1. The van der Waals surface area contributed by atoms with Crippen molar-refractivity contribution in [3.63, 3.8) is 0 Å². The Morgan fingerprint density at radius 2 is 2.17 bits per heavy atom. The van der Waals surface area contributed by atoms with Crippen LogP contribution in [0.3, 0.4) is 0 Å². The lowest BCUT2D eigenvalue weighted by Gasteiger charge is -2.40. The summed E-state index contributed by atoms with van der Waals surface area (Å²) in [5.74, 6) is 0.966. The van der Waals surface area contributed by atoms with Gasteiger partial charge in [0.25, 0.3) is 0 Å². The third kappa shape index (κ3) is 3.12. The second-order valence-corrected chi connectivity index (χ2v) is 6.24. The highest BCUT2D eigenvalue weighted by atomic mass is 16.5. The molecular formula is C14H24N2O2. The highest BCUT2D eigenvalue weighted by Gasteiger charge is 2.38. The monoisotopic (exact) mass is 252 g/mol. The molecule has 1 N–H and O–H groups in total. The fraction of sp³-hybridized carbons (Fsp3) is 0.786. The predicted molar refractivity (Wildman–Crippen MR) is 70.4 cm³/mol. The van der Waals surface area contributed by atoms with Crippen LogP contribution in [-0.2, 0) is 17.7 Å². The largest absolute Gasteiger partial charge is 0.448 e. The zero-order chi connectivity index (χ0) is 13.2. The van der Waals surface area contributed by atoms with Crippen molar-refractivity contribution >= 4 is 0 Å². The van der Waals surface area contributed by atoms with Crippen LogP contribution in [0, 0.1) is 0 Å². The summed E-state index contributed by atoms with van der Waals surface area (Å²) in [5, 5.41) is 3.44. The highest BCUT2D eigenvalue weighted by molar-refractivity contribution is 5.12. The third-order valence-electron chi connectivity index (χ3n) is 3.69. The van der Waals surface area contributed by atoms with Gasteiger partial charge in [-0.1, -0.05) is 0 Å². The van der Waals surface area contributed by atoms with E-state index in [1.54, 1.807) is 7.11 Å². The fourth-order valence-electron chi connectivity index (χ4n) is 2.25. The molecule has 2 rings (SSSR count). The van der Waals surface area contributed by atoms with E-state index >= 15 is 0 Å². The van der Waals surface area contributed by atoms with Crippen molar-refractivity contribution < 1.29 is 9.15 Å². The molecule has 0 aliphatic heterocycles. The lowest BCUT2D eigenvalue weighted by molar-refractivity contribution is -0.0739. The van der Waals surface area contributed by atoms with Crippen molar-refractivity contribution in [1.82, 2.24) is 10.3 Å². The molecular weight excluding hydrogens is 228 g/mol. The van der Waals surface area contributed by atoms with Crippen LogP contribution in [0.4, 0.5) is 0 Å². The maximum atomic E-state index is 5.64. The number of ether oxygens (including phenoxy) is 1. The first kappa shape index (κ1) is 13.6. The van der Waals surface area contributed by atoms with Gasteiger partial charge >= 0.3 is 0 Å². The number of oxazole rings is 1. The number of aromatic nitrogens is 1. The molecule has 18 heavy (non-hydrogen) atoms. The zero-order valence-corrected chi connectivity index (χ0v) is 11.9. The van der Waals surface area contributed by atoms with Gasteiger partial charge in [-0.15, -0.1) is 0 Å². The maximum absolute atomic E-state index is 5.64. The van der Waals surface area contributed by atoms with E-state index in [0.717, 1.165) is 37.3 Å². The van der Waals surface area contributed by atoms with Crippen LogP contribution in [-0.4, -0.2) is 23.2 Å². The Morgan fingerprint density at radius 1 is 1.44 bits per heavy atom. The van der Waals surface area contributed by atoms with Crippen LogP contribution in [0.5, 0.6) is 0 Å². The highest BCUT2D eigenvalue weighted by Crippen LogP contribution is 2.38. The summed E-state index contributed by atoms with van der Waals surface area (Å²) in [6, 6.07) is 0. The lowest BCUT2D eigenvalue weighted by atomic mass is 9.77. The molecule has 0 aromatic carbocycles. The van der Waals surface area contributed by atoms with Crippen molar-refractivity contribution in [2.75, 3.05) is 7.11 Å². The molecule has 0 spiro atoms. The Bertz CT molecular complexity index is 383. The van der Waals surface area contributed by atoms with Crippen LogP contribution < -0.4 is 5.32 Å². The Balaban J connectivity index is 1.99. The smallest absolute Gasteiger partial charge is 0.181 e. The SMILES string of the molecule is COC1(Cc2ocnc2CNC(C)(C)C)CCC1. The molecule has 1 heterocycles. The molecule has 1 aromatic heterocycles. The molecule has 0 radical (unpaired) electrons. The molecule has 0 saturated heterocycles. The van der Waals surface area contributed by atoms with Crippen LogP contribution in [0.15, 0.2) is 10.8 Å². The average Bonchev–Trinajstić information content (AvgIpc) is 2.67. The molecule has 4 heteroatoms. The molecule has 4 nitrogen and oxygen atoms in total. The second-order valence-electron chi connectivity index (χ2n) is 6.24. The van der Waals surface area contributed by atoms with Crippen LogP contribution in [0.25, 0.3) is 0 Å². The molecule has 1 aliphatic carbocycles. The summed E-state index contributed by atoms with van der Waals surface area (Å²) >= 11 is 0. The summed E-state index contributed by atoms with van der Waals surface area (Å²) in [7, 11) is 1.79. The first-order chi connectivity index (χ1) is 8.44. The average molecular weight is 252 g/mol. The number of methoxy groups -OCH3 is 1. The quantitative estimate of drug-likeness (QED) is 0.875. The summed E-state index contributed by atoms with van der Waals surface area (Å²) in [6.45, 7) is 7.19. The number of nitrogens with zero attached hydrogens (tertiary/aromatic N) is 1. The van der Waals surface area contributed by atoms with E-state index in [9.17, 15) is 0 Å². The number of rotatable bonds is 5. The molecule has 102 valence electrons. The van der Waals surface area contributed by atoms with Gasteiger partial charge in [-0.2, -0.15) is 0 Å². The molecule has 0 unspecified atom stereocenters. The van der Waals surface area contributed by atoms with Gasteiger partial charge in [0.1, 0.15) is 5.76 Å². The van der Waals surface area contributed by atoms with Gasteiger partial charge in [-0.05, 0) is 40.0 Å². The topological polar surface area (TPSA) is 47.3 Å². The van der Waals surface area contributed by atoms with Crippen LogP contribution in [0.1, 0.15) is 51.5 Å². The van der Waals surface area contributed by atoms with E-state index in [-0.39, 0.29) is 11.1 Å². The van der Waals surface area contributed by atoms with Crippen molar-refractivity contribution in [2.24, 2.45) is 0 Å². The number of hydrogen-bond acceptors (Lipinski definition) is 4.